The molecule has 0 amide bonds. The Morgan fingerprint density at radius 1 is 1.11 bits per heavy atom. The van der Waals surface area contributed by atoms with Crippen molar-refractivity contribution >= 4 is 5.69 Å². The highest BCUT2D eigenvalue weighted by Crippen LogP contribution is 2.28. The smallest absolute Gasteiger partial charge is 0.0363 e. The molecule has 0 saturated heterocycles. The Balaban J connectivity index is 2.72. The van der Waals surface area contributed by atoms with Crippen molar-refractivity contribution < 1.29 is 0 Å². The number of hydrogen-bond acceptors (Lipinski definition) is 2. The van der Waals surface area contributed by atoms with E-state index in [-0.39, 0.29) is 0 Å². The molecule has 2 heteroatoms. The van der Waals surface area contributed by atoms with Crippen LogP contribution >= 0.6 is 0 Å². The highest BCUT2D eigenvalue weighted by atomic mass is 15.1. The van der Waals surface area contributed by atoms with E-state index in [2.05, 4.69) is 75.3 Å². The third-order valence-electron chi connectivity index (χ3n) is 4.15. The Labute approximate surface area is 119 Å². The molecule has 0 aliphatic rings. The van der Waals surface area contributed by atoms with Crippen molar-refractivity contribution in [2.75, 3.05) is 25.0 Å². The van der Waals surface area contributed by atoms with Gasteiger partial charge in [-0.3, -0.25) is 0 Å². The molecule has 0 aliphatic carbocycles. The lowest BCUT2D eigenvalue weighted by molar-refractivity contribution is 0.248. The van der Waals surface area contributed by atoms with Gasteiger partial charge in [-0.25, -0.2) is 0 Å². The van der Waals surface area contributed by atoms with Gasteiger partial charge in [0.1, 0.15) is 0 Å². The van der Waals surface area contributed by atoms with Gasteiger partial charge < -0.3 is 10.2 Å². The summed E-state index contributed by atoms with van der Waals surface area (Å²) in [5, 5.41) is 3.62. The second-order valence-corrected chi connectivity index (χ2v) is 5.93. The molecule has 19 heavy (non-hydrogen) atoms. The SMILES string of the molecule is CCC(CC)(CNC(C)C)CN(C)c1ccccc1. The van der Waals surface area contributed by atoms with Crippen LogP contribution in [0.25, 0.3) is 0 Å². The summed E-state index contributed by atoms with van der Waals surface area (Å²) in [5.41, 5.74) is 1.66. The van der Waals surface area contributed by atoms with Gasteiger partial charge in [-0.15, -0.1) is 0 Å². The minimum Gasteiger partial charge on any atom is -0.374 e. The normalized spacial score (nSPS) is 11.9. The van der Waals surface area contributed by atoms with Crippen LogP contribution in [0.4, 0.5) is 5.69 Å². The standard InChI is InChI=1S/C17H30N2/c1-6-17(7-2,13-18-15(3)4)14-19(5)16-11-9-8-10-12-16/h8-12,15,18H,6-7,13-14H2,1-5H3. The maximum atomic E-state index is 3.62. The van der Waals surface area contributed by atoms with E-state index in [1.165, 1.54) is 18.5 Å². The topological polar surface area (TPSA) is 15.3 Å². The average Bonchev–Trinajstić information content (AvgIpc) is 2.44. The largest absolute Gasteiger partial charge is 0.374 e. The molecular formula is C17H30N2. The van der Waals surface area contributed by atoms with Gasteiger partial charge in [0.25, 0.3) is 0 Å². The molecule has 108 valence electrons. The molecule has 0 heterocycles. The molecule has 0 fully saturated rings. The highest BCUT2D eigenvalue weighted by Gasteiger charge is 2.27. The zero-order chi connectivity index (χ0) is 14.3. The molecule has 1 rings (SSSR count). The summed E-state index contributed by atoms with van der Waals surface area (Å²) in [6.07, 6.45) is 2.42. The molecule has 0 saturated carbocycles. The first-order valence-electron chi connectivity index (χ1n) is 7.52. The average molecular weight is 262 g/mol. The molecule has 0 aliphatic heterocycles. The van der Waals surface area contributed by atoms with Gasteiger partial charge in [-0.2, -0.15) is 0 Å². The predicted molar refractivity (Wildman–Crippen MR) is 85.9 cm³/mol. The van der Waals surface area contributed by atoms with Crippen LogP contribution in [0, 0.1) is 5.41 Å². The molecule has 0 unspecified atom stereocenters. The van der Waals surface area contributed by atoms with E-state index in [1.54, 1.807) is 0 Å². The lowest BCUT2D eigenvalue weighted by Crippen LogP contribution is -2.44. The quantitative estimate of drug-likeness (QED) is 0.763. The lowest BCUT2D eigenvalue weighted by atomic mass is 9.81. The molecule has 0 spiro atoms. The van der Waals surface area contributed by atoms with Gasteiger partial charge >= 0.3 is 0 Å². The second kappa shape index (κ2) is 7.54. The van der Waals surface area contributed by atoms with E-state index in [9.17, 15) is 0 Å². The number of anilines is 1. The second-order valence-electron chi connectivity index (χ2n) is 5.93. The van der Waals surface area contributed by atoms with Crippen LogP contribution in [-0.2, 0) is 0 Å². The molecule has 1 aromatic rings. The monoisotopic (exact) mass is 262 g/mol. The van der Waals surface area contributed by atoms with Crippen molar-refractivity contribution in [1.82, 2.24) is 5.32 Å². The van der Waals surface area contributed by atoms with Crippen molar-refractivity contribution in [1.29, 1.82) is 0 Å². The van der Waals surface area contributed by atoms with E-state index in [4.69, 9.17) is 0 Å². The minimum absolute atomic E-state index is 0.356. The molecule has 1 N–H and O–H groups in total. The van der Waals surface area contributed by atoms with Gasteiger partial charge in [0.2, 0.25) is 0 Å². The van der Waals surface area contributed by atoms with E-state index in [0.29, 0.717) is 11.5 Å². The summed E-state index contributed by atoms with van der Waals surface area (Å²) < 4.78 is 0. The maximum absolute atomic E-state index is 3.62. The Kier molecular flexibility index (Phi) is 6.36. The van der Waals surface area contributed by atoms with Gasteiger partial charge in [0.05, 0.1) is 0 Å². The summed E-state index contributed by atoms with van der Waals surface area (Å²) in [7, 11) is 2.20. The first-order valence-corrected chi connectivity index (χ1v) is 7.52. The number of para-hydroxylation sites is 1. The summed E-state index contributed by atoms with van der Waals surface area (Å²) in [4.78, 5) is 2.38. The van der Waals surface area contributed by atoms with Crippen LogP contribution in [0.3, 0.4) is 0 Å². The number of hydrogen-bond donors (Lipinski definition) is 1. The van der Waals surface area contributed by atoms with Crippen LogP contribution in [0.2, 0.25) is 0 Å². The highest BCUT2D eigenvalue weighted by molar-refractivity contribution is 5.45. The molecule has 1 aromatic carbocycles. The Morgan fingerprint density at radius 2 is 1.68 bits per heavy atom. The summed E-state index contributed by atoms with van der Waals surface area (Å²) in [5.74, 6) is 0. The maximum Gasteiger partial charge on any atom is 0.0363 e. The number of nitrogens with one attached hydrogen (secondary N) is 1. The van der Waals surface area contributed by atoms with Gasteiger partial charge in [0, 0.05) is 31.9 Å². The summed E-state index contributed by atoms with van der Waals surface area (Å²) in [6, 6.07) is 11.2. The van der Waals surface area contributed by atoms with Crippen LogP contribution < -0.4 is 10.2 Å². The fraction of sp³-hybridized carbons (Fsp3) is 0.647. The Bertz CT molecular complexity index is 342. The van der Waals surface area contributed by atoms with Gasteiger partial charge in [-0.1, -0.05) is 45.9 Å². The van der Waals surface area contributed by atoms with Crippen molar-refractivity contribution in [3.8, 4) is 0 Å². The molecule has 0 bridgehead atoms. The molecule has 0 atom stereocenters. The predicted octanol–water partition coefficient (Wildman–Crippen LogP) is 3.93. The molecule has 2 nitrogen and oxygen atoms in total. The van der Waals surface area contributed by atoms with Crippen LogP contribution in [0.15, 0.2) is 30.3 Å². The van der Waals surface area contributed by atoms with Crippen LogP contribution in [-0.4, -0.2) is 26.2 Å². The van der Waals surface area contributed by atoms with E-state index in [1.807, 2.05) is 0 Å². The van der Waals surface area contributed by atoms with Gasteiger partial charge in [-0.05, 0) is 30.4 Å². The fourth-order valence-corrected chi connectivity index (χ4v) is 2.48. The molecule has 0 aromatic heterocycles. The molecule has 0 radical (unpaired) electrons. The van der Waals surface area contributed by atoms with Crippen LogP contribution in [0.5, 0.6) is 0 Å². The van der Waals surface area contributed by atoms with Crippen molar-refractivity contribution in [2.24, 2.45) is 5.41 Å². The lowest BCUT2D eigenvalue weighted by Gasteiger charge is -2.37. The number of nitrogens with zero attached hydrogens (tertiary/aromatic N) is 1. The molecular weight excluding hydrogens is 232 g/mol. The third-order valence-corrected chi connectivity index (χ3v) is 4.15. The first-order chi connectivity index (χ1) is 9.03. The van der Waals surface area contributed by atoms with Crippen molar-refractivity contribution in [3.05, 3.63) is 30.3 Å². The zero-order valence-electron chi connectivity index (χ0n) is 13.2. The third kappa shape index (κ3) is 4.87. The minimum atomic E-state index is 0.356. The Morgan fingerprint density at radius 3 is 2.16 bits per heavy atom. The summed E-state index contributed by atoms with van der Waals surface area (Å²) in [6.45, 7) is 11.3. The van der Waals surface area contributed by atoms with E-state index in [0.717, 1.165) is 13.1 Å². The van der Waals surface area contributed by atoms with Gasteiger partial charge in [0.15, 0.2) is 0 Å². The number of benzene rings is 1. The van der Waals surface area contributed by atoms with Crippen LogP contribution in [0.1, 0.15) is 40.5 Å². The van der Waals surface area contributed by atoms with Crippen molar-refractivity contribution in [3.63, 3.8) is 0 Å². The zero-order valence-corrected chi connectivity index (χ0v) is 13.2. The van der Waals surface area contributed by atoms with E-state index >= 15 is 0 Å². The van der Waals surface area contributed by atoms with E-state index < -0.39 is 0 Å². The first kappa shape index (κ1) is 16.0. The van der Waals surface area contributed by atoms with Crippen molar-refractivity contribution in [2.45, 2.75) is 46.6 Å². The Hall–Kier alpha value is -1.02. The summed E-state index contributed by atoms with van der Waals surface area (Å²) >= 11 is 0. The number of rotatable bonds is 8. The fourth-order valence-electron chi connectivity index (χ4n) is 2.48.